The summed E-state index contributed by atoms with van der Waals surface area (Å²) in [4.78, 5) is 26.9. The molecule has 0 saturated carbocycles. The Morgan fingerprint density at radius 2 is 2.38 bits per heavy atom. The number of fused-ring (bicyclic) bond motifs is 1. The third kappa shape index (κ3) is 2.87. The van der Waals surface area contributed by atoms with Gasteiger partial charge in [0, 0.05) is 16.6 Å². The number of alkyl carbamates (subject to hydrolysis) is 1. The highest BCUT2D eigenvalue weighted by atomic mass is 32.1. The van der Waals surface area contributed by atoms with Crippen LogP contribution in [0.4, 0.5) is 10.5 Å². The fraction of sp³-hybridized carbons (Fsp3) is 0.214. The fourth-order valence-corrected chi connectivity index (χ4v) is 2.88. The lowest BCUT2D eigenvalue weighted by Gasteiger charge is -2.02. The van der Waals surface area contributed by atoms with Gasteiger partial charge in [-0.1, -0.05) is 6.07 Å². The Hall–Kier alpha value is -2.41. The van der Waals surface area contributed by atoms with E-state index in [0.29, 0.717) is 13.0 Å². The van der Waals surface area contributed by atoms with Gasteiger partial charge >= 0.3 is 6.09 Å². The number of rotatable bonds is 3. The summed E-state index contributed by atoms with van der Waals surface area (Å²) in [5.74, 6) is 0.0170. The van der Waals surface area contributed by atoms with Crippen molar-refractivity contribution in [2.45, 2.75) is 13.0 Å². The molecule has 1 aliphatic rings. The quantitative estimate of drug-likeness (QED) is 0.910. The first kappa shape index (κ1) is 13.6. The molecule has 0 saturated heterocycles. The van der Waals surface area contributed by atoms with Gasteiger partial charge in [0.15, 0.2) is 0 Å². The molecule has 0 fully saturated rings. The summed E-state index contributed by atoms with van der Waals surface area (Å²) in [5, 5.41) is 8.12. The van der Waals surface area contributed by atoms with E-state index >= 15 is 0 Å². The van der Waals surface area contributed by atoms with Crippen LogP contribution in [0.15, 0.2) is 23.6 Å². The number of hydrogen-bond acceptors (Lipinski definition) is 5. The lowest BCUT2D eigenvalue weighted by molar-refractivity contribution is -0.115. The molecule has 1 aromatic carbocycles. The monoisotopic (exact) mass is 303 g/mol. The van der Waals surface area contributed by atoms with E-state index in [0.717, 1.165) is 27.5 Å². The van der Waals surface area contributed by atoms with Crippen LogP contribution in [0.3, 0.4) is 0 Å². The molecule has 2 heterocycles. The topological polar surface area (TPSA) is 80.3 Å². The highest BCUT2D eigenvalue weighted by Crippen LogP contribution is 2.29. The van der Waals surface area contributed by atoms with Gasteiger partial charge in [-0.25, -0.2) is 9.78 Å². The molecular formula is C14H13N3O3S. The number of ether oxygens (including phenoxy) is 1. The van der Waals surface area contributed by atoms with Crippen molar-refractivity contribution in [1.82, 2.24) is 10.3 Å². The number of aromatic nitrogens is 1. The second-order valence-corrected chi connectivity index (χ2v) is 5.51. The number of thiazole rings is 1. The molecule has 2 N–H and O–H groups in total. The molecule has 0 aliphatic carbocycles. The number of anilines is 1. The largest absolute Gasteiger partial charge is 0.453 e. The van der Waals surface area contributed by atoms with Gasteiger partial charge in [0.2, 0.25) is 5.91 Å². The number of benzene rings is 1. The maximum atomic E-state index is 11.4. The third-order valence-corrected chi connectivity index (χ3v) is 4.00. The Bertz CT molecular complexity index is 711. The number of amides is 2. The second-order valence-electron chi connectivity index (χ2n) is 4.57. The number of carbonyl (C=O) groups excluding carboxylic acids is 2. The van der Waals surface area contributed by atoms with Crippen molar-refractivity contribution in [3.63, 3.8) is 0 Å². The smallest absolute Gasteiger partial charge is 0.407 e. The van der Waals surface area contributed by atoms with E-state index in [9.17, 15) is 9.59 Å². The Morgan fingerprint density at radius 1 is 1.52 bits per heavy atom. The summed E-state index contributed by atoms with van der Waals surface area (Å²) < 4.78 is 4.51. The maximum absolute atomic E-state index is 11.4. The van der Waals surface area contributed by atoms with Crippen LogP contribution in [0, 0.1) is 0 Å². The van der Waals surface area contributed by atoms with E-state index in [2.05, 4.69) is 20.4 Å². The standard InChI is InChI=1S/C14H13N3O3S/c1-20-14(19)15-6-13-17-11(7-21-13)8-2-3-10-9(4-8)5-12(18)16-10/h2-4,7H,5-6H2,1H3,(H,15,19)(H,16,18). The van der Waals surface area contributed by atoms with Crippen molar-refractivity contribution < 1.29 is 14.3 Å². The fourth-order valence-electron chi connectivity index (χ4n) is 2.13. The zero-order valence-corrected chi connectivity index (χ0v) is 12.1. The van der Waals surface area contributed by atoms with E-state index in [-0.39, 0.29) is 5.91 Å². The normalized spacial score (nSPS) is 12.7. The van der Waals surface area contributed by atoms with Crippen molar-refractivity contribution in [3.05, 3.63) is 34.2 Å². The van der Waals surface area contributed by atoms with Crippen LogP contribution in [0.2, 0.25) is 0 Å². The molecule has 7 heteroatoms. The molecule has 1 aliphatic heterocycles. The van der Waals surface area contributed by atoms with E-state index in [4.69, 9.17) is 0 Å². The average molecular weight is 303 g/mol. The van der Waals surface area contributed by atoms with Crippen molar-refractivity contribution in [2.24, 2.45) is 0 Å². The van der Waals surface area contributed by atoms with E-state index in [1.54, 1.807) is 0 Å². The predicted molar refractivity (Wildman–Crippen MR) is 79.1 cm³/mol. The Labute approximate surface area is 125 Å². The summed E-state index contributed by atoms with van der Waals surface area (Å²) in [5.41, 5.74) is 3.65. The molecule has 0 radical (unpaired) electrons. The minimum atomic E-state index is -0.478. The van der Waals surface area contributed by atoms with E-state index in [1.807, 2.05) is 23.6 Å². The molecule has 0 spiro atoms. The van der Waals surface area contributed by atoms with Crippen LogP contribution < -0.4 is 10.6 Å². The highest BCUT2D eigenvalue weighted by Gasteiger charge is 2.18. The zero-order chi connectivity index (χ0) is 14.8. The molecule has 2 amide bonds. The SMILES string of the molecule is COC(=O)NCc1nc(-c2ccc3c(c2)CC(=O)N3)cs1. The van der Waals surface area contributed by atoms with Crippen LogP contribution in [0.25, 0.3) is 11.3 Å². The average Bonchev–Trinajstić information content (AvgIpc) is 3.08. The van der Waals surface area contributed by atoms with Crippen LogP contribution in [-0.4, -0.2) is 24.1 Å². The Balaban J connectivity index is 1.76. The summed E-state index contributed by atoms with van der Waals surface area (Å²) in [7, 11) is 1.32. The molecular weight excluding hydrogens is 290 g/mol. The van der Waals surface area contributed by atoms with Crippen LogP contribution in [0.5, 0.6) is 0 Å². The van der Waals surface area contributed by atoms with Gasteiger partial charge in [-0.15, -0.1) is 11.3 Å². The molecule has 1 aromatic heterocycles. The summed E-state index contributed by atoms with van der Waals surface area (Å²) in [6.07, 6.45) is -0.0711. The predicted octanol–water partition coefficient (Wildman–Crippen LogP) is 2.16. The first-order valence-corrected chi connectivity index (χ1v) is 7.23. The van der Waals surface area contributed by atoms with Crippen LogP contribution in [0.1, 0.15) is 10.6 Å². The van der Waals surface area contributed by atoms with Crippen molar-refractivity contribution >= 4 is 29.0 Å². The van der Waals surface area contributed by atoms with Gasteiger partial charge in [0.25, 0.3) is 0 Å². The van der Waals surface area contributed by atoms with Crippen molar-refractivity contribution in [3.8, 4) is 11.3 Å². The molecule has 0 bridgehead atoms. The number of methoxy groups -OCH3 is 1. The Morgan fingerprint density at radius 3 is 3.19 bits per heavy atom. The van der Waals surface area contributed by atoms with Gasteiger partial charge in [0.1, 0.15) is 5.01 Å². The molecule has 0 unspecified atom stereocenters. The maximum Gasteiger partial charge on any atom is 0.407 e. The Kier molecular flexibility index (Phi) is 3.57. The van der Waals surface area contributed by atoms with Gasteiger partial charge < -0.3 is 15.4 Å². The van der Waals surface area contributed by atoms with Crippen molar-refractivity contribution in [1.29, 1.82) is 0 Å². The van der Waals surface area contributed by atoms with E-state index in [1.165, 1.54) is 18.4 Å². The lowest BCUT2D eigenvalue weighted by Crippen LogP contribution is -2.22. The molecule has 0 atom stereocenters. The van der Waals surface area contributed by atoms with Crippen molar-refractivity contribution in [2.75, 3.05) is 12.4 Å². The van der Waals surface area contributed by atoms with Crippen LogP contribution >= 0.6 is 11.3 Å². The number of carbonyl (C=O) groups is 2. The second kappa shape index (κ2) is 5.53. The van der Waals surface area contributed by atoms with E-state index < -0.39 is 6.09 Å². The first-order valence-electron chi connectivity index (χ1n) is 6.35. The molecule has 2 aromatic rings. The minimum absolute atomic E-state index is 0.0170. The summed E-state index contributed by atoms with van der Waals surface area (Å²) in [6.45, 7) is 0.336. The molecule has 21 heavy (non-hydrogen) atoms. The zero-order valence-electron chi connectivity index (χ0n) is 11.3. The van der Waals surface area contributed by atoms with Gasteiger partial charge in [-0.2, -0.15) is 0 Å². The summed E-state index contributed by atoms with van der Waals surface area (Å²) in [6, 6.07) is 5.79. The highest BCUT2D eigenvalue weighted by molar-refractivity contribution is 7.09. The van der Waals surface area contributed by atoms with Crippen LogP contribution in [-0.2, 0) is 22.5 Å². The summed E-state index contributed by atoms with van der Waals surface area (Å²) >= 11 is 1.47. The molecule has 3 rings (SSSR count). The first-order chi connectivity index (χ1) is 10.2. The molecule has 6 nitrogen and oxygen atoms in total. The number of hydrogen-bond donors (Lipinski definition) is 2. The van der Waals surface area contributed by atoms with Gasteiger partial charge in [0.05, 0.1) is 25.8 Å². The lowest BCUT2D eigenvalue weighted by atomic mass is 10.1. The van der Waals surface area contributed by atoms with Gasteiger partial charge in [-0.3, -0.25) is 4.79 Å². The van der Waals surface area contributed by atoms with Gasteiger partial charge in [-0.05, 0) is 17.7 Å². The third-order valence-electron chi connectivity index (χ3n) is 3.15. The number of nitrogens with zero attached hydrogens (tertiary/aromatic N) is 1. The number of nitrogens with one attached hydrogen (secondary N) is 2. The minimum Gasteiger partial charge on any atom is -0.453 e. The molecule has 108 valence electrons.